The first kappa shape index (κ1) is 12.0. The first-order chi connectivity index (χ1) is 8.86. The van der Waals surface area contributed by atoms with E-state index in [0.717, 1.165) is 30.7 Å². The van der Waals surface area contributed by atoms with Crippen LogP contribution >= 0.6 is 0 Å². The molecule has 1 aromatic heterocycles. The van der Waals surface area contributed by atoms with Crippen molar-refractivity contribution in [3.8, 4) is 5.75 Å². The lowest BCUT2D eigenvalue weighted by molar-refractivity contribution is 0.217. The summed E-state index contributed by atoms with van der Waals surface area (Å²) < 4.78 is 5.80. The summed E-state index contributed by atoms with van der Waals surface area (Å²) in [6, 6.07) is 2.73. The predicted octanol–water partition coefficient (Wildman–Crippen LogP) is 2.73. The summed E-state index contributed by atoms with van der Waals surface area (Å²) in [5.41, 5.74) is 1.37. The van der Waals surface area contributed by atoms with Crippen molar-refractivity contribution >= 4 is 0 Å². The van der Waals surface area contributed by atoms with Crippen molar-refractivity contribution in [3.63, 3.8) is 0 Å². The summed E-state index contributed by atoms with van der Waals surface area (Å²) >= 11 is 0. The second kappa shape index (κ2) is 5.27. The van der Waals surface area contributed by atoms with Crippen LogP contribution in [0.1, 0.15) is 44.1 Å². The lowest BCUT2D eigenvalue weighted by Gasteiger charge is -2.27. The van der Waals surface area contributed by atoms with Crippen LogP contribution in [0, 0.1) is 5.92 Å². The Morgan fingerprint density at radius 3 is 3.06 bits per heavy atom. The third-order valence-corrected chi connectivity index (χ3v) is 4.12. The maximum absolute atomic E-state index is 5.80. The summed E-state index contributed by atoms with van der Waals surface area (Å²) in [4.78, 5) is 4.32. The Hall–Kier alpha value is -1.09. The quantitative estimate of drug-likeness (QED) is 0.838. The SMILES string of the molecule is CCC[C@H]1C[C@H]1c1cncc(OC[C@@H]2CCN2)c1. The van der Waals surface area contributed by atoms with Crippen molar-refractivity contribution in [2.45, 2.75) is 44.6 Å². The van der Waals surface area contributed by atoms with E-state index in [1.807, 2.05) is 12.4 Å². The van der Waals surface area contributed by atoms with Gasteiger partial charge in [-0.05, 0) is 42.9 Å². The molecular weight excluding hydrogens is 224 g/mol. The summed E-state index contributed by atoms with van der Waals surface area (Å²) in [5, 5.41) is 3.34. The van der Waals surface area contributed by atoms with Gasteiger partial charge in [0.2, 0.25) is 0 Å². The molecule has 3 atom stereocenters. The van der Waals surface area contributed by atoms with Crippen LogP contribution in [0.4, 0.5) is 0 Å². The zero-order valence-electron chi connectivity index (χ0n) is 11.1. The Labute approximate surface area is 109 Å². The highest BCUT2D eigenvalue weighted by atomic mass is 16.5. The van der Waals surface area contributed by atoms with Crippen LogP contribution in [0.3, 0.4) is 0 Å². The van der Waals surface area contributed by atoms with E-state index < -0.39 is 0 Å². The van der Waals surface area contributed by atoms with E-state index in [1.54, 1.807) is 0 Å². The van der Waals surface area contributed by atoms with Gasteiger partial charge in [0, 0.05) is 12.2 Å². The van der Waals surface area contributed by atoms with Crippen molar-refractivity contribution in [2.75, 3.05) is 13.2 Å². The van der Waals surface area contributed by atoms with Gasteiger partial charge in [0.15, 0.2) is 0 Å². The normalized spacial score (nSPS) is 29.7. The Bertz CT molecular complexity index is 403. The van der Waals surface area contributed by atoms with Gasteiger partial charge in [-0.3, -0.25) is 4.98 Å². The van der Waals surface area contributed by atoms with Crippen LogP contribution in [0.15, 0.2) is 18.5 Å². The topological polar surface area (TPSA) is 34.1 Å². The number of nitrogens with one attached hydrogen (secondary N) is 1. The first-order valence-corrected chi connectivity index (χ1v) is 7.18. The van der Waals surface area contributed by atoms with Crippen molar-refractivity contribution in [1.82, 2.24) is 10.3 Å². The Morgan fingerprint density at radius 1 is 1.44 bits per heavy atom. The molecule has 1 aromatic rings. The van der Waals surface area contributed by atoms with Gasteiger partial charge < -0.3 is 10.1 Å². The van der Waals surface area contributed by atoms with Crippen molar-refractivity contribution in [1.29, 1.82) is 0 Å². The number of rotatable bonds is 6. The minimum atomic E-state index is 0.544. The highest BCUT2D eigenvalue weighted by Crippen LogP contribution is 2.50. The van der Waals surface area contributed by atoms with Crippen LogP contribution in [0.2, 0.25) is 0 Å². The van der Waals surface area contributed by atoms with Crippen LogP contribution in [0.5, 0.6) is 5.75 Å². The lowest BCUT2D eigenvalue weighted by atomic mass is 10.1. The van der Waals surface area contributed by atoms with Gasteiger partial charge >= 0.3 is 0 Å². The smallest absolute Gasteiger partial charge is 0.137 e. The molecule has 1 aliphatic heterocycles. The molecule has 98 valence electrons. The number of hydrogen-bond donors (Lipinski definition) is 1. The van der Waals surface area contributed by atoms with E-state index in [0.29, 0.717) is 6.04 Å². The average molecular weight is 246 g/mol. The molecular formula is C15H22N2O. The molecule has 2 heterocycles. The second-order valence-electron chi connectivity index (χ2n) is 5.60. The van der Waals surface area contributed by atoms with Crippen molar-refractivity contribution in [2.24, 2.45) is 5.92 Å². The number of ether oxygens (including phenoxy) is 1. The number of nitrogens with zero attached hydrogens (tertiary/aromatic N) is 1. The first-order valence-electron chi connectivity index (χ1n) is 7.18. The van der Waals surface area contributed by atoms with Crippen LogP contribution in [0.25, 0.3) is 0 Å². The molecule has 2 fully saturated rings. The lowest BCUT2D eigenvalue weighted by Crippen LogP contribution is -2.46. The van der Waals surface area contributed by atoms with Gasteiger partial charge in [-0.2, -0.15) is 0 Å². The molecule has 0 aromatic carbocycles. The number of hydrogen-bond acceptors (Lipinski definition) is 3. The predicted molar refractivity (Wildman–Crippen MR) is 71.9 cm³/mol. The maximum atomic E-state index is 5.80. The average Bonchev–Trinajstić information content (AvgIpc) is 3.07. The van der Waals surface area contributed by atoms with E-state index >= 15 is 0 Å². The molecule has 18 heavy (non-hydrogen) atoms. The van der Waals surface area contributed by atoms with Gasteiger partial charge in [0.1, 0.15) is 12.4 Å². The Balaban J connectivity index is 1.55. The van der Waals surface area contributed by atoms with Crippen LogP contribution < -0.4 is 10.1 Å². The molecule has 3 heteroatoms. The molecule has 2 aliphatic rings. The molecule has 0 unspecified atom stereocenters. The minimum absolute atomic E-state index is 0.544. The van der Waals surface area contributed by atoms with Crippen molar-refractivity contribution < 1.29 is 4.74 Å². The fourth-order valence-corrected chi connectivity index (χ4v) is 2.75. The second-order valence-corrected chi connectivity index (χ2v) is 5.60. The van der Waals surface area contributed by atoms with E-state index in [9.17, 15) is 0 Å². The molecule has 1 saturated heterocycles. The van der Waals surface area contributed by atoms with E-state index in [-0.39, 0.29) is 0 Å². The fourth-order valence-electron chi connectivity index (χ4n) is 2.75. The third kappa shape index (κ3) is 2.66. The number of pyridine rings is 1. The molecule has 1 N–H and O–H groups in total. The highest BCUT2D eigenvalue weighted by Gasteiger charge is 2.37. The largest absolute Gasteiger partial charge is 0.490 e. The monoisotopic (exact) mass is 246 g/mol. The zero-order valence-corrected chi connectivity index (χ0v) is 11.1. The molecule has 3 nitrogen and oxygen atoms in total. The zero-order chi connectivity index (χ0) is 12.4. The van der Waals surface area contributed by atoms with Gasteiger partial charge in [-0.1, -0.05) is 19.8 Å². The Morgan fingerprint density at radius 2 is 2.33 bits per heavy atom. The maximum Gasteiger partial charge on any atom is 0.137 e. The Kier molecular flexibility index (Phi) is 3.50. The van der Waals surface area contributed by atoms with E-state index in [4.69, 9.17) is 4.74 Å². The molecule has 0 spiro atoms. The molecule has 1 aliphatic carbocycles. The summed E-state index contributed by atoms with van der Waals surface area (Å²) in [5.74, 6) is 2.56. The fraction of sp³-hybridized carbons (Fsp3) is 0.667. The van der Waals surface area contributed by atoms with Crippen LogP contribution in [-0.4, -0.2) is 24.2 Å². The van der Waals surface area contributed by atoms with Crippen LogP contribution in [-0.2, 0) is 0 Å². The summed E-state index contributed by atoms with van der Waals surface area (Å²) in [6.45, 7) is 4.17. The molecule has 0 radical (unpaired) electrons. The minimum Gasteiger partial charge on any atom is -0.490 e. The third-order valence-electron chi connectivity index (χ3n) is 4.12. The van der Waals surface area contributed by atoms with Gasteiger partial charge in [0.05, 0.1) is 6.20 Å². The van der Waals surface area contributed by atoms with Gasteiger partial charge in [-0.25, -0.2) is 0 Å². The standard InChI is InChI=1S/C15H22N2O/c1-2-3-11-7-15(11)12-6-14(9-16-8-12)18-10-13-4-5-17-13/h6,8-9,11,13,15,17H,2-5,7,10H2,1H3/t11-,13-,15+/m0/s1. The molecule has 3 rings (SSSR count). The highest BCUT2D eigenvalue weighted by molar-refractivity contribution is 5.30. The molecule has 0 bridgehead atoms. The summed E-state index contributed by atoms with van der Waals surface area (Å²) in [6.07, 6.45) is 9.05. The van der Waals surface area contributed by atoms with Crippen molar-refractivity contribution in [3.05, 3.63) is 24.0 Å². The number of aromatic nitrogens is 1. The summed E-state index contributed by atoms with van der Waals surface area (Å²) in [7, 11) is 0. The van der Waals surface area contributed by atoms with E-state index in [1.165, 1.54) is 31.2 Å². The van der Waals surface area contributed by atoms with E-state index in [2.05, 4.69) is 23.3 Å². The molecule has 1 saturated carbocycles. The van der Waals surface area contributed by atoms with Gasteiger partial charge in [-0.15, -0.1) is 0 Å². The van der Waals surface area contributed by atoms with Gasteiger partial charge in [0.25, 0.3) is 0 Å². The molecule has 0 amide bonds.